The predicted molar refractivity (Wildman–Crippen MR) is 48.0 cm³/mol. The Balaban J connectivity index is 2.80. The van der Waals surface area contributed by atoms with E-state index < -0.39 is 0 Å². The van der Waals surface area contributed by atoms with Gasteiger partial charge in [0.25, 0.3) is 0 Å². The Kier molecular flexibility index (Phi) is 2.53. The number of carbonyl (C=O) groups is 1. The summed E-state index contributed by atoms with van der Waals surface area (Å²) in [6, 6.07) is 4.02. The van der Waals surface area contributed by atoms with Gasteiger partial charge in [0.05, 0.1) is 0 Å². The Hall–Kier alpha value is -1.25. The van der Waals surface area contributed by atoms with Gasteiger partial charge in [0.2, 0.25) is 5.91 Å². The molecule has 1 heterocycles. The molecule has 1 rings (SSSR count). The normalized spacial score (nSPS) is 9.92. The molecule has 0 radical (unpaired) electrons. The fraction of sp³-hybridized carbons (Fsp3) is 0.444. The van der Waals surface area contributed by atoms with E-state index in [1.165, 1.54) is 0 Å². The Labute approximate surface area is 72.4 Å². The number of carbonyl (C=O) groups excluding carboxylic acids is 1. The Morgan fingerprint density at radius 2 is 1.92 bits per heavy atom. The molecule has 0 atom stereocenters. The molecular weight excluding hydrogens is 152 g/mol. The molecule has 0 aliphatic carbocycles. The highest BCUT2D eigenvalue weighted by Crippen LogP contribution is 2.05. The summed E-state index contributed by atoms with van der Waals surface area (Å²) >= 11 is 0. The van der Waals surface area contributed by atoms with Crippen molar-refractivity contribution in [2.75, 3.05) is 7.05 Å². The molecule has 66 valence electrons. The van der Waals surface area contributed by atoms with Gasteiger partial charge in [0.15, 0.2) is 0 Å². The summed E-state index contributed by atoms with van der Waals surface area (Å²) in [4.78, 5) is 11.1. The second-order valence-corrected chi connectivity index (χ2v) is 2.88. The largest absolute Gasteiger partial charge is 0.358 e. The fourth-order valence-electron chi connectivity index (χ4n) is 1.17. The van der Waals surface area contributed by atoms with Gasteiger partial charge in [0, 0.05) is 18.4 Å². The monoisotopic (exact) mass is 166 g/mol. The number of hydrogen-bond donors (Lipinski definition) is 1. The number of rotatable bonds is 2. The first-order valence-electron chi connectivity index (χ1n) is 3.98. The van der Waals surface area contributed by atoms with Crippen molar-refractivity contribution in [2.24, 2.45) is 0 Å². The number of nitrogens with one attached hydrogen (secondary N) is 1. The van der Waals surface area contributed by atoms with Crippen LogP contribution in [0.25, 0.3) is 0 Å². The number of aryl methyl sites for hydroxylation is 2. The minimum atomic E-state index is 0.0393. The molecule has 1 aromatic rings. The molecule has 1 N–H and O–H groups in total. The zero-order valence-electron chi connectivity index (χ0n) is 7.72. The van der Waals surface area contributed by atoms with E-state index in [0.717, 1.165) is 11.4 Å². The average molecular weight is 166 g/mol. The molecule has 0 saturated heterocycles. The summed E-state index contributed by atoms with van der Waals surface area (Å²) in [5.41, 5.74) is 2.24. The Bertz CT molecular complexity index is 269. The molecule has 0 aromatic carbocycles. The van der Waals surface area contributed by atoms with E-state index in [0.29, 0.717) is 6.54 Å². The maximum absolute atomic E-state index is 11.1. The third-order valence-electron chi connectivity index (χ3n) is 2.00. The van der Waals surface area contributed by atoms with E-state index in [4.69, 9.17) is 0 Å². The number of aromatic nitrogens is 1. The van der Waals surface area contributed by atoms with Crippen molar-refractivity contribution in [3.63, 3.8) is 0 Å². The topological polar surface area (TPSA) is 34.0 Å². The molecule has 12 heavy (non-hydrogen) atoms. The lowest BCUT2D eigenvalue weighted by Gasteiger charge is -2.07. The van der Waals surface area contributed by atoms with Gasteiger partial charge < -0.3 is 9.88 Å². The van der Waals surface area contributed by atoms with Crippen molar-refractivity contribution in [3.8, 4) is 0 Å². The summed E-state index contributed by atoms with van der Waals surface area (Å²) < 4.78 is 1.98. The summed E-state index contributed by atoms with van der Waals surface area (Å²) in [6.07, 6.45) is 0. The second-order valence-electron chi connectivity index (χ2n) is 2.88. The van der Waals surface area contributed by atoms with Gasteiger partial charge >= 0.3 is 0 Å². The van der Waals surface area contributed by atoms with Crippen LogP contribution in [0.4, 0.5) is 0 Å². The summed E-state index contributed by atoms with van der Waals surface area (Å²) in [6.45, 7) is 4.41. The lowest BCUT2D eigenvalue weighted by atomic mass is 10.5. The zero-order chi connectivity index (χ0) is 9.14. The lowest BCUT2D eigenvalue weighted by Crippen LogP contribution is -2.24. The minimum absolute atomic E-state index is 0.0393. The van der Waals surface area contributed by atoms with Gasteiger partial charge in [0.1, 0.15) is 6.54 Å². The second kappa shape index (κ2) is 3.43. The highest BCUT2D eigenvalue weighted by molar-refractivity contribution is 5.75. The summed E-state index contributed by atoms with van der Waals surface area (Å²) in [5, 5.41) is 2.60. The van der Waals surface area contributed by atoms with Crippen LogP contribution < -0.4 is 5.32 Å². The molecule has 0 unspecified atom stereocenters. The third kappa shape index (κ3) is 1.67. The molecule has 0 spiro atoms. The molecule has 3 heteroatoms. The third-order valence-corrected chi connectivity index (χ3v) is 2.00. The summed E-state index contributed by atoms with van der Waals surface area (Å²) in [5.74, 6) is 0.0393. The van der Waals surface area contributed by atoms with Gasteiger partial charge in [-0.2, -0.15) is 0 Å². The van der Waals surface area contributed by atoms with Crippen molar-refractivity contribution < 1.29 is 4.79 Å². The molecule has 0 aliphatic heterocycles. The van der Waals surface area contributed by atoms with E-state index in [1.54, 1.807) is 7.05 Å². The standard InChI is InChI=1S/C9H14N2O/c1-7-4-5-8(2)11(7)6-9(12)10-3/h4-5H,6H2,1-3H3,(H,10,12). The van der Waals surface area contributed by atoms with Crippen LogP contribution >= 0.6 is 0 Å². The zero-order valence-corrected chi connectivity index (χ0v) is 7.72. The van der Waals surface area contributed by atoms with E-state index in [9.17, 15) is 4.79 Å². The molecule has 0 saturated carbocycles. The average Bonchev–Trinajstić information content (AvgIpc) is 2.35. The highest BCUT2D eigenvalue weighted by atomic mass is 16.1. The van der Waals surface area contributed by atoms with Crippen LogP contribution in [-0.4, -0.2) is 17.5 Å². The quantitative estimate of drug-likeness (QED) is 0.694. The smallest absolute Gasteiger partial charge is 0.239 e. The first-order chi connectivity index (χ1) is 5.65. The van der Waals surface area contributed by atoms with Gasteiger partial charge in [-0.1, -0.05) is 0 Å². The van der Waals surface area contributed by atoms with Gasteiger partial charge in [-0.15, -0.1) is 0 Å². The van der Waals surface area contributed by atoms with Crippen LogP contribution in [0.5, 0.6) is 0 Å². The van der Waals surface area contributed by atoms with Crippen molar-refractivity contribution in [3.05, 3.63) is 23.5 Å². The minimum Gasteiger partial charge on any atom is -0.358 e. The maximum Gasteiger partial charge on any atom is 0.239 e. The molecule has 1 aromatic heterocycles. The first kappa shape index (κ1) is 8.84. The van der Waals surface area contributed by atoms with Crippen LogP contribution in [0, 0.1) is 13.8 Å². The number of amides is 1. The van der Waals surface area contributed by atoms with E-state index in [2.05, 4.69) is 5.32 Å². The predicted octanol–water partition coefficient (Wildman–Crippen LogP) is 0.851. The lowest BCUT2D eigenvalue weighted by molar-refractivity contribution is -0.121. The van der Waals surface area contributed by atoms with Crippen LogP contribution in [0.15, 0.2) is 12.1 Å². The number of nitrogens with zero attached hydrogens (tertiary/aromatic N) is 1. The Morgan fingerprint density at radius 1 is 1.42 bits per heavy atom. The van der Waals surface area contributed by atoms with E-state index >= 15 is 0 Å². The highest BCUT2D eigenvalue weighted by Gasteiger charge is 2.04. The SMILES string of the molecule is CNC(=O)Cn1c(C)ccc1C. The summed E-state index contributed by atoms with van der Waals surface area (Å²) in [7, 11) is 1.65. The fourth-order valence-corrected chi connectivity index (χ4v) is 1.17. The van der Waals surface area contributed by atoms with Crippen molar-refractivity contribution >= 4 is 5.91 Å². The first-order valence-corrected chi connectivity index (χ1v) is 3.98. The molecule has 0 fully saturated rings. The molecule has 0 aliphatic rings. The van der Waals surface area contributed by atoms with Crippen LogP contribution in [-0.2, 0) is 11.3 Å². The Morgan fingerprint density at radius 3 is 2.33 bits per heavy atom. The molecule has 0 bridgehead atoms. The number of likely N-dealkylation sites (N-methyl/N-ethyl adjacent to an activating group) is 1. The van der Waals surface area contributed by atoms with Gasteiger partial charge in [-0.05, 0) is 26.0 Å². The van der Waals surface area contributed by atoms with Crippen molar-refractivity contribution in [1.29, 1.82) is 0 Å². The van der Waals surface area contributed by atoms with E-state index in [-0.39, 0.29) is 5.91 Å². The van der Waals surface area contributed by atoms with Crippen LogP contribution in [0.1, 0.15) is 11.4 Å². The maximum atomic E-state index is 11.1. The number of hydrogen-bond acceptors (Lipinski definition) is 1. The van der Waals surface area contributed by atoms with E-state index in [1.807, 2.05) is 30.5 Å². The molecule has 3 nitrogen and oxygen atoms in total. The van der Waals surface area contributed by atoms with Crippen molar-refractivity contribution in [1.82, 2.24) is 9.88 Å². The van der Waals surface area contributed by atoms with Crippen LogP contribution in [0.2, 0.25) is 0 Å². The van der Waals surface area contributed by atoms with Crippen LogP contribution in [0.3, 0.4) is 0 Å². The molecule has 1 amide bonds. The van der Waals surface area contributed by atoms with Crippen molar-refractivity contribution in [2.45, 2.75) is 20.4 Å². The van der Waals surface area contributed by atoms with Gasteiger partial charge in [-0.25, -0.2) is 0 Å². The van der Waals surface area contributed by atoms with Gasteiger partial charge in [-0.3, -0.25) is 4.79 Å². The molecular formula is C9H14N2O.